The lowest BCUT2D eigenvalue weighted by atomic mass is 9.95. The molecule has 0 aliphatic heterocycles. The number of anilines is 1. The largest absolute Gasteiger partial charge is 0.495 e. The number of methoxy groups -OCH3 is 1. The van der Waals surface area contributed by atoms with E-state index in [4.69, 9.17) is 16.3 Å². The number of halogens is 1. The zero-order valence-electron chi connectivity index (χ0n) is 21.9. The van der Waals surface area contributed by atoms with E-state index in [9.17, 15) is 18.0 Å². The molecule has 1 aliphatic carbocycles. The summed E-state index contributed by atoms with van der Waals surface area (Å²) >= 11 is 6.23. The number of nitrogens with one attached hydrogen (secondary N) is 1. The number of ether oxygens (including phenoxy) is 1. The molecule has 1 fully saturated rings. The van der Waals surface area contributed by atoms with E-state index in [1.807, 2.05) is 31.2 Å². The van der Waals surface area contributed by atoms with E-state index >= 15 is 0 Å². The number of nitrogens with zero attached hydrogens (tertiary/aromatic N) is 2. The Bertz CT molecular complexity index is 1210. The number of hydrogen-bond donors (Lipinski definition) is 1. The van der Waals surface area contributed by atoms with Gasteiger partial charge in [0.15, 0.2) is 0 Å². The molecule has 37 heavy (non-hydrogen) atoms. The Morgan fingerprint density at radius 2 is 1.84 bits per heavy atom. The van der Waals surface area contributed by atoms with Crippen LogP contribution in [-0.4, -0.2) is 57.1 Å². The average molecular weight is 550 g/mol. The second kappa shape index (κ2) is 12.6. The summed E-state index contributed by atoms with van der Waals surface area (Å²) < 4.78 is 31.6. The van der Waals surface area contributed by atoms with Crippen molar-refractivity contribution in [1.82, 2.24) is 10.2 Å². The quantitative estimate of drug-likeness (QED) is 0.477. The number of benzene rings is 2. The number of aryl methyl sites for hydroxylation is 1. The van der Waals surface area contributed by atoms with Crippen molar-refractivity contribution in [2.24, 2.45) is 0 Å². The number of hydrogen-bond acceptors (Lipinski definition) is 5. The predicted molar refractivity (Wildman–Crippen MR) is 146 cm³/mol. The van der Waals surface area contributed by atoms with Crippen LogP contribution in [0.15, 0.2) is 42.5 Å². The summed E-state index contributed by atoms with van der Waals surface area (Å²) in [7, 11) is -2.39. The van der Waals surface area contributed by atoms with Crippen LogP contribution in [0.4, 0.5) is 5.69 Å². The van der Waals surface area contributed by atoms with Crippen LogP contribution in [0.3, 0.4) is 0 Å². The second-order valence-corrected chi connectivity index (χ2v) is 11.9. The zero-order valence-corrected chi connectivity index (χ0v) is 23.4. The van der Waals surface area contributed by atoms with E-state index in [1.165, 1.54) is 24.1 Å². The average Bonchev–Trinajstić information content (AvgIpc) is 2.85. The molecule has 202 valence electrons. The topological polar surface area (TPSA) is 96.0 Å². The third-order valence-electron chi connectivity index (χ3n) is 6.66. The van der Waals surface area contributed by atoms with Crippen molar-refractivity contribution in [2.75, 3.05) is 24.2 Å². The maximum atomic E-state index is 13.7. The highest BCUT2D eigenvalue weighted by Gasteiger charge is 2.31. The minimum absolute atomic E-state index is 0.0913. The molecule has 8 nitrogen and oxygen atoms in total. The number of rotatable bonds is 10. The standard InChI is InChI=1S/C27H36ClN3O5S/c1-19-9-8-10-21(15-19)17-30(20(2)27(33)29-22-11-6-5-7-12-22)26(32)18-31(37(4,34)35)23-13-14-25(36-3)24(28)16-23/h8-10,13-16,20,22H,5-7,11-12,17-18H2,1-4H3,(H,29,33)/t20-/m0/s1. The Morgan fingerprint density at radius 3 is 2.43 bits per heavy atom. The fourth-order valence-electron chi connectivity index (χ4n) is 4.58. The summed E-state index contributed by atoms with van der Waals surface area (Å²) in [6, 6.07) is 11.5. The van der Waals surface area contributed by atoms with Crippen molar-refractivity contribution in [1.29, 1.82) is 0 Å². The molecule has 0 radical (unpaired) electrons. The van der Waals surface area contributed by atoms with E-state index < -0.39 is 28.5 Å². The summed E-state index contributed by atoms with van der Waals surface area (Å²) in [4.78, 5) is 28.3. The lowest BCUT2D eigenvalue weighted by molar-refractivity contribution is -0.139. The fraction of sp³-hybridized carbons (Fsp3) is 0.481. The van der Waals surface area contributed by atoms with Crippen molar-refractivity contribution >= 4 is 39.1 Å². The van der Waals surface area contributed by atoms with Gasteiger partial charge in [-0.05, 0) is 50.5 Å². The van der Waals surface area contributed by atoms with Crippen LogP contribution in [0, 0.1) is 6.92 Å². The van der Waals surface area contributed by atoms with Crippen LogP contribution >= 0.6 is 11.6 Å². The first-order valence-corrected chi connectivity index (χ1v) is 14.7. The Labute approximate surface area is 225 Å². The third kappa shape index (κ3) is 7.85. The monoisotopic (exact) mass is 549 g/mol. The molecule has 1 N–H and O–H groups in total. The molecule has 2 aromatic carbocycles. The Kier molecular flexibility index (Phi) is 9.84. The van der Waals surface area contributed by atoms with E-state index in [2.05, 4.69) is 5.32 Å². The van der Waals surface area contributed by atoms with E-state index in [0.29, 0.717) is 5.75 Å². The first kappa shape index (κ1) is 28.8. The molecule has 2 aromatic rings. The van der Waals surface area contributed by atoms with Gasteiger partial charge in [0.25, 0.3) is 0 Å². The first-order chi connectivity index (χ1) is 17.5. The Hall–Kier alpha value is -2.78. The zero-order chi connectivity index (χ0) is 27.2. The Morgan fingerprint density at radius 1 is 1.14 bits per heavy atom. The summed E-state index contributed by atoms with van der Waals surface area (Å²) in [6.07, 6.45) is 6.17. The minimum Gasteiger partial charge on any atom is -0.495 e. The van der Waals surface area contributed by atoms with Gasteiger partial charge in [-0.25, -0.2) is 8.42 Å². The van der Waals surface area contributed by atoms with Crippen molar-refractivity contribution < 1.29 is 22.7 Å². The first-order valence-electron chi connectivity index (χ1n) is 12.5. The maximum absolute atomic E-state index is 13.7. The van der Waals surface area contributed by atoms with Gasteiger partial charge in [-0.2, -0.15) is 0 Å². The minimum atomic E-state index is -3.85. The van der Waals surface area contributed by atoms with Crippen molar-refractivity contribution in [2.45, 2.75) is 64.6 Å². The molecule has 2 amide bonds. The van der Waals surface area contributed by atoms with Crippen LogP contribution in [-0.2, 0) is 26.2 Å². The number of carbonyl (C=O) groups excluding carboxylic acids is 2. The van der Waals surface area contributed by atoms with Gasteiger partial charge in [0.05, 0.1) is 24.1 Å². The molecule has 1 saturated carbocycles. The predicted octanol–water partition coefficient (Wildman–Crippen LogP) is 4.29. The molecule has 1 aliphatic rings. The lowest BCUT2D eigenvalue weighted by Gasteiger charge is -2.33. The lowest BCUT2D eigenvalue weighted by Crippen LogP contribution is -2.53. The molecular weight excluding hydrogens is 514 g/mol. The van der Waals surface area contributed by atoms with Gasteiger partial charge in [0.2, 0.25) is 21.8 Å². The molecule has 0 spiro atoms. The summed E-state index contributed by atoms with van der Waals surface area (Å²) in [5, 5.41) is 3.31. The SMILES string of the molecule is COc1ccc(N(CC(=O)N(Cc2cccc(C)c2)[C@@H](C)C(=O)NC2CCCCC2)S(C)(=O)=O)cc1Cl. The smallest absolute Gasteiger partial charge is 0.244 e. The molecule has 0 bridgehead atoms. The normalized spacial score (nSPS) is 15.1. The van der Waals surface area contributed by atoms with Crippen LogP contribution in [0.2, 0.25) is 5.02 Å². The third-order valence-corrected chi connectivity index (χ3v) is 8.09. The van der Waals surface area contributed by atoms with E-state index in [-0.39, 0.29) is 29.2 Å². The highest BCUT2D eigenvalue weighted by Crippen LogP contribution is 2.30. The van der Waals surface area contributed by atoms with Gasteiger partial charge < -0.3 is 15.0 Å². The van der Waals surface area contributed by atoms with Crippen molar-refractivity contribution in [3.05, 3.63) is 58.6 Å². The molecule has 1 atom stereocenters. The van der Waals surface area contributed by atoms with E-state index in [0.717, 1.165) is 53.8 Å². The van der Waals surface area contributed by atoms with Gasteiger partial charge in [-0.1, -0.05) is 60.7 Å². The highest BCUT2D eigenvalue weighted by atomic mass is 35.5. The van der Waals surface area contributed by atoms with Gasteiger partial charge in [0, 0.05) is 12.6 Å². The number of amides is 2. The summed E-state index contributed by atoms with van der Waals surface area (Å²) in [5.74, 6) is -0.351. The molecular formula is C27H36ClN3O5S. The van der Waals surface area contributed by atoms with Crippen LogP contribution in [0.25, 0.3) is 0 Å². The molecule has 0 unspecified atom stereocenters. The van der Waals surface area contributed by atoms with E-state index in [1.54, 1.807) is 13.0 Å². The summed E-state index contributed by atoms with van der Waals surface area (Å²) in [5.41, 5.74) is 2.11. The van der Waals surface area contributed by atoms with Gasteiger partial charge in [0.1, 0.15) is 18.3 Å². The van der Waals surface area contributed by atoms with Gasteiger partial charge in [-0.3, -0.25) is 13.9 Å². The Balaban J connectivity index is 1.89. The number of carbonyl (C=O) groups is 2. The molecule has 0 heterocycles. The van der Waals surface area contributed by atoms with Crippen molar-refractivity contribution in [3.63, 3.8) is 0 Å². The van der Waals surface area contributed by atoms with Crippen LogP contribution < -0.4 is 14.4 Å². The van der Waals surface area contributed by atoms with Gasteiger partial charge >= 0.3 is 0 Å². The highest BCUT2D eigenvalue weighted by molar-refractivity contribution is 7.92. The van der Waals surface area contributed by atoms with Crippen LogP contribution in [0.1, 0.15) is 50.2 Å². The van der Waals surface area contributed by atoms with Crippen molar-refractivity contribution in [3.8, 4) is 5.75 Å². The van der Waals surface area contributed by atoms with Gasteiger partial charge in [-0.15, -0.1) is 0 Å². The fourth-order valence-corrected chi connectivity index (χ4v) is 5.68. The number of sulfonamides is 1. The van der Waals surface area contributed by atoms with Crippen LogP contribution in [0.5, 0.6) is 5.75 Å². The second-order valence-electron chi connectivity index (χ2n) is 9.62. The molecule has 0 aromatic heterocycles. The summed E-state index contributed by atoms with van der Waals surface area (Å²) in [6.45, 7) is 3.32. The molecule has 3 rings (SSSR count). The molecule has 0 saturated heterocycles. The maximum Gasteiger partial charge on any atom is 0.244 e. The molecule has 10 heteroatoms.